The molecule has 27 heavy (non-hydrogen) atoms. The number of nitrogens with two attached hydrogens (primary N) is 1. The molecule has 6 nitrogen and oxygen atoms in total. The fraction of sp³-hybridized carbons (Fsp3) is 0.263. The Morgan fingerprint density at radius 1 is 1.11 bits per heavy atom. The summed E-state index contributed by atoms with van der Waals surface area (Å²) in [4.78, 5) is 24.2. The van der Waals surface area contributed by atoms with Gasteiger partial charge in [-0.25, -0.2) is 12.8 Å². The molecule has 0 atom stereocenters. The van der Waals surface area contributed by atoms with E-state index in [0.29, 0.717) is 6.42 Å². The highest BCUT2D eigenvalue weighted by atomic mass is 32.2. The Morgan fingerprint density at radius 2 is 1.74 bits per heavy atom. The van der Waals surface area contributed by atoms with Crippen LogP contribution in [0.4, 0.5) is 10.1 Å². The fourth-order valence-corrected chi connectivity index (χ4v) is 5.16. The molecule has 0 aliphatic heterocycles. The van der Waals surface area contributed by atoms with Crippen LogP contribution in [-0.4, -0.2) is 25.0 Å². The molecule has 142 valence electrons. The molecule has 1 aliphatic carbocycles. The number of benzene rings is 2. The first-order chi connectivity index (χ1) is 12.7. The predicted molar refractivity (Wildman–Crippen MR) is 98.5 cm³/mol. The molecule has 0 aromatic heterocycles. The van der Waals surface area contributed by atoms with Crippen molar-refractivity contribution in [2.24, 2.45) is 5.73 Å². The van der Waals surface area contributed by atoms with Crippen molar-refractivity contribution >= 4 is 27.3 Å². The smallest absolute Gasteiger partial charge is 0.251 e. The quantitative estimate of drug-likeness (QED) is 0.818. The molecule has 0 radical (unpaired) electrons. The largest absolute Gasteiger partial charge is 0.366 e. The number of halogens is 1. The van der Waals surface area contributed by atoms with Gasteiger partial charge in [0.15, 0.2) is 14.6 Å². The van der Waals surface area contributed by atoms with E-state index < -0.39 is 32.2 Å². The van der Waals surface area contributed by atoms with E-state index in [-0.39, 0.29) is 29.0 Å². The maximum absolute atomic E-state index is 13.6. The number of aryl methyl sites for hydroxylation is 1. The van der Waals surface area contributed by atoms with Gasteiger partial charge in [0.25, 0.3) is 5.91 Å². The van der Waals surface area contributed by atoms with Gasteiger partial charge in [0.1, 0.15) is 5.82 Å². The monoisotopic (exact) mass is 390 g/mol. The van der Waals surface area contributed by atoms with Gasteiger partial charge in [-0.1, -0.05) is 17.7 Å². The summed E-state index contributed by atoms with van der Waals surface area (Å²) in [5.74, 6) is -2.49. The fourth-order valence-electron chi connectivity index (χ4n) is 3.10. The Morgan fingerprint density at radius 3 is 2.26 bits per heavy atom. The van der Waals surface area contributed by atoms with Crippen LogP contribution in [0.5, 0.6) is 0 Å². The summed E-state index contributed by atoms with van der Waals surface area (Å²) < 4.78 is 38.3. The van der Waals surface area contributed by atoms with E-state index in [9.17, 15) is 22.4 Å². The number of carbonyl (C=O) groups is 2. The van der Waals surface area contributed by atoms with Gasteiger partial charge in [-0.15, -0.1) is 0 Å². The predicted octanol–water partition coefficient (Wildman–Crippen LogP) is 2.57. The second-order valence-corrected chi connectivity index (χ2v) is 8.94. The number of nitrogens with one attached hydrogen (secondary N) is 1. The van der Waals surface area contributed by atoms with Crippen molar-refractivity contribution in [2.45, 2.75) is 35.8 Å². The number of sulfone groups is 1. The highest BCUT2D eigenvalue weighted by Gasteiger charge is 2.55. The van der Waals surface area contributed by atoms with Gasteiger partial charge < -0.3 is 11.1 Å². The van der Waals surface area contributed by atoms with Crippen LogP contribution < -0.4 is 11.1 Å². The summed E-state index contributed by atoms with van der Waals surface area (Å²) in [5, 5.41) is 2.50. The molecule has 0 saturated heterocycles. The lowest BCUT2D eigenvalue weighted by Crippen LogP contribution is -2.54. The van der Waals surface area contributed by atoms with Gasteiger partial charge in [0.2, 0.25) is 5.91 Å². The topological polar surface area (TPSA) is 106 Å². The van der Waals surface area contributed by atoms with Crippen molar-refractivity contribution in [3.8, 4) is 0 Å². The van der Waals surface area contributed by atoms with Crippen LogP contribution in [0.25, 0.3) is 0 Å². The lowest BCUT2D eigenvalue weighted by atomic mass is 9.83. The molecule has 8 heteroatoms. The molecular formula is C19H19FN2O4S. The average Bonchev–Trinajstić information content (AvgIpc) is 2.55. The minimum atomic E-state index is -3.91. The second kappa shape index (κ2) is 6.77. The number of rotatable bonds is 5. The number of amides is 2. The van der Waals surface area contributed by atoms with Crippen molar-refractivity contribution in [3.05, 3.63) is 59.4 Å². The van der Waals surface area contributed by atoms with Crippen LogP contribution in [0, 0.1) is 12.7 Å². The first-order valence-corrected chi connectivity index (χ1v) is 9.88. The van der Waals surface area contributed by atoms with Crippen molar-refractivity contribution in [3.63, 3.8) is 0 Å². The summed E-state index contributed by atoms with van der Waals surface area (Å²) >= 11 is 0. The molecule has 3 N–H and O–H groups in total. The Bertz CT molecular complexity index is 1010. The van der Waals surface area contributed by atoms with E-state index in [1.54, 1.807) is 12.1 Å². The van der Waals surface area contributed by atoms with Crippen molar-refractivity contribution in [2.75, 3.05) is 5.32 Å². The van der Waals surface area contributed by atoms with Gasteiger partial charge in [0, 0.05) is 5.69 Å². The molecule has 2 aromatic carbocycles. The lowest BCUT2D eigenvalue weighted by Gasteiger charge is -2.39. The van der Waals surface area contributed by atoms with E-state index in [1.165, 1.54) is 18.2 Å². The summed E-state index contributed by atoms with van der Waals surface area (Å²) in [6.45, 7) is 1.84. The molecular weight excluding hydrogens is 371 g/mol. The zero-order valence-corrected chi connectivity index (χ0v) is 15.5. The number of anilines is 1. The van der Waals surface area contributed by atoms with Crippen LogP contribution in [0.1, 0.15) is 35.2 Å². The highest BCUT2D eigenvalue weighted by Crippen LogP contribution is 2.43. The molecule has 0 spiro atoms. The van der Waals surface area contributed by atoms with E-state index >= 15 is 0 Å². The van der Waals surface area contributed by atoms with Gasteiger partial charge in [-0.05, 0) is 56.5 Å². The van der Waals surface area contributed by atoms with Crippen molar-refractivity contribution in [1.29, 1.82) is 0 Å². The molecule has 0 unspecified atom stereocenters. The molecule has 0 bridgehead atoms. The van der Waals surface area contributed by atoms with Crippen molar-refractivity contribution < 1.29 is 22.4 Å². The lowest BCUT2D eigenvalue weighted by molar-refractivity contribution is -0.120. The van der Waals surface area contributed by atoms with Gasteiger partial charge in [-0.2, -0.15) is 0 Å². The zero-order valence-electron chi connectivity index (χ0n) is 14.7. The third-order valence-corrected chi connectivity index (χ3v) is 7.43. The maximum Gasteiger partial charge on any atom is 0.251 e. The molecule has 0 heterocycles. The molecule has 2 amide bonds. The van der Waals surface area contributed by atoms with Crippen LogP contribution in [0.3, 0.4) is 0 Å². The minimum Gasteiger partial charge on any atom is -0.366 e. The van der Waals surface area contributed by atoms with Gasteiger partial charge >= 0.3 is 0 Å². The molecule has 2 aromatic rings. The molecule has 1 aliphatic rings. The zero-order chi connectivity index (χ0) is 19.8. The van der Waals surface area contributed by atoms with E-state index in [2.05, 4.69) is 5.32 Å². The van der Waals surface area contributed by atoms with Gasteiger partial charge in [-0.3, -0.25) is 9.59 Å². The Kier molecular flexibility index (Phi) is 4.77. The Labute approximate surface area is 156 Å². The third kappa shape index (κ3) is 3.21. The maximum atomic E-state index is 13.6. The molecule has 3 rings (SSSR count). The summed E-state index contributed by atoms with van der Waals surface area (Å²) in [7, 11) is -3.91. The normalized spacial score (nSPS) is 15.6. The first-order valence-electron chi connectivity index (χ1n) is 8.39. The molecule has 1 saturated carbocycles. The Balaban J connectivity index is 1.93. The standard InChI is InChI=1S/C19H19FN2O4S/c1-12-3-6-14(7-4-12)27(25,26)19(9-2-10-19)18(24)22-13-5-8-16(20)15(11-13)17(21)23/h3-8,11H,2,9-10H2,1H3,(H2,21,23)(H,22,24). The average molecular weight is 390 g/mol. The number of hydrogen-bond acceptors (Lipinski definition) is 4. The van der Waals surface area contributed by atoms with Crippen LogP contribution in [0.15, 0.2) is 47.4 Å². The molecule has 1 fully saturated rings. The summed E-state index contributed by atoms with van der Waals surface area (Å²) in [6.07, 6.45) is 0.992. The van der Waals surface area contributed by atoms with Crippen LogP contribution >= 0.6 is 0 Å². The van der Waals surface area contributed by atoms with Gasteiger partial charge in [0.05, 0.1) is 10.5 Å². The minimum absolute atomic E-state index is 0.0832. The van der Waals surface area contributed by atoms with E-state index in [4.69, 9.17) is 5.73 Å². The van der Waals surface area contributed by atoms with Crippen LogP contribution in [-0.2, 0) is 14.6 Å². The summed E-state index contributed by atoms with van der Waals surface area (Å²) in [6, 6.07) is 9.68. The Hall–Kier alpha value is -2.74. The number of primary amides is 1. The van der Waals surface area contributed by atoms with Crippen LogP contribution in [0.2, 0.25) is 0 Å². The third-order valence-electron chi connectivity index (χ3n) is 4.91. The number of carbonyl (C=O) groups excluding carboxylic acids is 2. The van der Waals surface area contributed by atoms with E-state index in [0.717, 1.165) is 17.7 Å². The second-order valence-electron chi connectivity index (χ2n) is 6.68. The highest BCUT2D eigenvalue weighted by molar-refractivity contribution is 7.93. The van der Waals surface area contributed by atoms with Crippen molar-refractivity contribution in [1.82, 2.24) is 0 Å². The first kappa shape index (κ1) is 19.0. The van der Waals surface area contributed by atoms with E-state index in [1.807, 2.05) is 6.92 Å². The SMILES string of the molecule is Cc1ccc(S(=O)(=O)C2(C(=O)Nc3ccc(F)c(C(N)=O)c3)CCC2)cc1. The number of hydrogen-bond donors (Lipinski definition) is 2. The summed E-state index contributed by atoms with van der Waals surface area (Å²) in [5.41, 5.74) is 5.75.